The van der Waals surface area contributed by atoms with Crippen LogP contribution < -0.4 is 10.1 Å². The largest absolute Gasteiger partial charge is 0.489 e. The molecule has 2 nitrogen and oxygen atoms in total. The van der Waals surface area contributed by atoms with Gasteiger partial charge in [0.2, 0.25) is 0 Å². The summed E-state index contributed by atoms with van der Waals surface area (Å²) in [6, 6.07) is 13.0. The first-order valence-electron chi connectivity index (χ1n) is 7.32. The molecule has 21 heavy (non-hydrogen) atoms. The Bertz CT molecular complexity index is 598. The van der Waals surface area contributed by atoms with E-state index in [9.17, 15) is 4.39 Å². The number of ether oxygens (including phenoxy) is 1. The summed E-state index contributed by atoms with van der Waals surface area (Å²) in [4.78, 5) is 0. The second kappa shape index (κ2) is 7.23. The monoisotopic (exact) mass is 287 g/mol. The summed E-state index contributed by atoms with van der Waals surface area (Å²) in [5, 5.41) is 3.38. The highest BCUT2D eigenvalue weighted by molar-refractivity contribution is 5.36. The lowest BCUT2D eigenvalue weighted by Crippen LogP contribution is -2.18. The number of benzene rings is 2. The third-order valence-electron chi connectivity index (χ3n) is 3.59. The minimum absolute atomic E-state index is 0.222. The molecule has 0 amide bonds. The number of aryl methyl sites for hydroxylation is 1. The molecular formula is C18H22FNO. The summed E-state index contributed by atoms with van der Waals surface area (Å²) >= 11 is 0. The zero-order chi connectivity index (χ0) is 15.2. The summed E-state index contributed by atoms with van der Waals surface area (Å²) in [6.45, 7) is 7.43. The van der Waals surface area contributed by atoms with Gasteiger partial charge >= 0.3 is 0 Å². The first kappa shape index (κ1) is 15.5. The van der Waals surface area contributed by atoms with E-state index in [1.807, 2.05) is 25.1 Å². The Morgan fingerprint density at radius 2 is 1.95 bits per heavy atom. The van der Waals surface area contributed by atoms with Gasteiger partial charge in [0, 0.05) is 11.6 Å². The third kappa shape index (κ3) is 4.05. The van der Waals surface area contributed by atoms with Crippen LogP contribution in [0, 0.1) is 12.7 Å². The number of hydrogen-bond donors (Lipinski definition) is 1. The molecule has 2 aromatic carbocycles. The summed E-state index contributed by atoms with van der Waals surface area (Å²) < 4.78 is 19.2. The van der Waals surface area contributed by atoms with Crippen LogP contribution >= 0.6 is 0 Å². The topological polar surface area (TPSA) is 21.3 Å². The number of para-hydroxylation sites is 1. The van der Waals surface area contributed by atoms with E-state index in [1.165, 1.54) is 12.1 Å². The van der Waals surface area contributed by atoms with Gasteiger partial charge in [0.25, 0.3) is 0 Å². The average Bonchev–Trinajstić information content (AvgIpc) is 2.49. The van der Waals surface area contributed by atoms with E-state index in [0.29, 0.717) is 6.61 Å². The Morgan fingerprint density at radius 1 is 1.19 bits per heavy atom. The van der Waals surface area contributed by atoms with Gasteiger partial charge in [-0.05, 0) is 49.7 Å². The van der Waals surface area contributed by atoms with Gasteiger partial charge in [-0.1, -0.05) is 31.2 Å². The van der Waals surface area contributed by atoms with Crippen molar-refractivity contribution in [3.63, 3.8) is 0 Å². The van der Waals surface area contributed by atoms with Crippen LogP contribution in [0.25, 0.3) is 0 Å². The molecule has 1 atom stereocenters. The van der Waals surface area contributed by atoms with Crippen LogP contribution in [0.5, 0.6) is 5.75 Å². The van der Waals surface area contributed by atoms with Crippen molar-refractivity contribution >= 4 is 0 Å². The maximum Gasteiger partial charge on any atom is 0.124 e. The number of rotatable bonds is 6. The number of hydrogen-bond acceptors (Lipinski definition) is 2. The second-order valence-corrected chi connectivity index (χ2v) is 5.18. The summed E-state index contributed by atoms with van der Waals surface area (Å²) in [7, 11) is 0. The molecule has 1 N–H and O–H groups in total. The normalized spacial score (nSPS) is 12.2. The Labute approximate surface area is 126 Å². The van der Waals surface area contributed by atoms with Crippen molar-refractivity contribution in [3.05, 3.63) is 65.0 Å². The van der Waals surface area contributed by atoms with Crippen LogP contribution in [0.15, 0.2) is 42.5 Å². The molecule has 0 spiro atoms. The minimum Gasteiger partial charge on any atom is -0.489 e. The molecular weight excluding hydrogens is 265 g/mol. The molecule has 0 heterocycles. The highest BCUT2D eigenvalue weighted by atomic mass is 19.1. The maximum absolute atomic E-state index is 13.3. The molecule has 0 fully saturated rings. The molecule has 0 saturated heterocycles. The Kier molecular flexibility index (Phi) is 5.34. The van der Waals surface area contributed by atoms with E-state index in [4.69, 9.17) is 4.74 Å². The van der Waals surface area contributed by atoms with Crippen molar-refractivity contribution in [1.82, 2.24) is 5.32 Å². The molecule has 1 unspecified atom stereocenters. The fourth-order valence-electron chi connectivity index (χ4n) is 2.34. The van der Waals surface area contributed by atoms with Crippen molar-refractivity contribution in [1.29, 1.82) is 0 Å². The third-order valence-corrected chi connectivity index (χ3v) is 3.59. The zero-order valence-electron chi connectivity index (χ0n) is 12.8. The Hall–Kier alpha value is -1.87. The first-order chi connectivity index (χ1) is 10.1. The van der Waals surface area contributed by atoms with E-state index in [0.717, 1.165) is 29.0 Å². The van der Waals surface area contributed by atoms with E-state index in [2.05, 4.69) is 25.2 Å². The molecule has 0 aliphatic carbocycles. The maximum atomic E-state index is 13.3. The SMILES string of the molecule is CCNC(C)c1ccccc1OCc1cc(F)ccc1C. The van der Waals surface area contributed by atoms with E-state index < -0.39 is 0 Å². The molecule has 0 aliphatic heterocycles. The van der Waals surface area contributed by atoms with Crippen LogP contribution in [-0.2, 0) is 6.61 Å². The van der Waals surface area contributed by atoms with Crippen LogP contribution in [0.4, 0.5) is 4.39 Å². The van der Waals surface area contributed by atoms with Crippen molar-refractivity contribution < 1.29 is 9.13 Å². The van der Waals surface area contributed by atoms with Crippen molar-refractivity contribution in [2.75, 3.05) is 6.54 Å². The Morgan fingerprint density at radius 3 is 2.71 bits per heavy atom. The van der Waals surface area contributed by atoms with Crippen molar-refractivity contribution in [3.8, 4) is 5.75 Å². The first-order valence-corrected chi connectivity index (χ1v) is 7.32. The molecule has 2 rings (SSSR count). The fourth-order valence-corrected chi connectivity index (χ4v) is 2.34. The average molecular weight is 287 g/mol. The lowest BCUT2D eigenvalue weighted by Gasteiger charge is -2.18. The number of nitrogens with one attached hydrogen (secondary N) is 1. The standard InChI is InChI=1S/C18H22FNO/c1-4-20-14(3)17-7-5-6-8-18(17)21-12-15-11-16(19)10-9-13(15)2/h5-11,14,20H,4,12H2,1-3H3. The smallest absolute Gasteiger partial charge is 0.124 e. The van der Waals surface area contributed by atoms with Gasteiger partial charge in [-0.25, -0.2) is 4.39 Å². The quantitative estimate of drug-likeness (QED) is 0.851. The molecule has 3 heteroatoms. The summed E-state index contributed by atoms with van der Waals surface area (Å²) in [5.41, 5.74) is 3.03. The predicted molar refractivity (Wildman–Crippen MR) is 84.0 cm³/mol. The van der Waals surface area contributed by atoms with Gasteiger partial charge in [0.1, 0.15) is 18.2 Å². The molecule has 0 aromatic heterocycles. The highest BCUT2D eigenvalue weighted by Gasteiger charge is 2.10. The van der Waals surface area contributed by atoms with Crippen LogP contribution in [0.1, 0.15) is 36.6 Å². The van der Waals surface area contributed by atoms with Crippen molar-refractivity contribution in [2.24, 2.45) is 0 Å². The minimum atomic E-state index is -0.228. The summed E-state index contributed by atoms with van der Waals surface area (Å²) in [6.07, 6.45) is 0. The van der Waals surface area contributed by atoms with Gasteiger partial charge in [0.05, 0.1) is 0 Å². The molecule has 112 valence electrons. The van der Waals surface area contributed by atoms with Gasteiger partial charge in [0.15, 0.2) is 0 Å². The van der Waals surface area contributed by atoms with Gasteiger partial charge in [-0.3, -0.25) is 0 Å². The van der Waals surface area contributed by atoms with Crippen LogP contribution in [0.3, 0.4) is 0 Å². The second-order valence-electron chi connectivity index (χ2n) is 5.18. The lowest BCUT2D eigenvalue weighted by atomic mass is 10.1. The van der Waals surface area contributed by atoms with Gasteiger partial charge in [-0.2, -0.15) is 0 Å². The molecule has 0 radical (unpaired) electrons. The highest BCUT2D eigenvalue weighted by Crippen LogP contribution is 2.26. The predicted octanol–water partition coefficient (Wildman–Crippen LogP) is 4.38. The van der Waals surface area contributed by atoms with E-state index in [1.54, 1.807) is 6.07 Å². The Balaban J connectivity index is 2.14. The molecule has 0 bridgehead atoms. The number of halogens is 1. The van der Waals surface area contributed by atoms with Gasteiger partial charge in [-0.15, -0.1) is 0 Å². The van der Waals surface area contributed by atoms with Crippen LogP contribution in [0.2, 0.25) is 0 Å². The van der Waals surface area contributed by atoms with Crippen LogP contribution in [-0.4, -0.2) is 6.54 Å². The lowest BCUT2D eigenvalue weighted by molar-refractivity contribution is 0.298. The van der Waals surface area contributed by atoms with E-state index in [-0.39, 0.29) is 11.9 Å². The molecule has 0 saturated carbocycles. The zero-order valence-corrected chi connectivity index (χ0v) is 12.8. The molecule has 2 aromatic rings. The summed E-state index contributed by atoms with van der Waals surface area (Å²) in [5.74, 6) is 0.614. The van der Waals surface area contributed by atoms with Gasteiger partial charge < -0.3 is 10.1 Å². The van der Waals surface area contributed by atoms with E-state index >= 15 is 0 Å². The molecule has 0 aliphatic rings. The fraction of sp³-hybridized carbons (Fsp3) is 0.333. The van der Waals surface area contributed by atoms with Crippen molar-refractivity contribution in [2.45, 2.75) is 33.4 Å².